The summed E-state index contributed by atoms with van der Waals surface area (Å²) in [7, 11) is 0. The van der Waals surface area contributed by atoms with Crippen molar-refractivity contribution in [3.05, 3.63) is 58.3 Å². The van der Waals surface area contributed by atoms with Crippen LogP contribution in [-0.2, 0) is 16.1 Å². The van der Waals surface area contributed by atoms with E-state index in [2.05, 4.69) is 25.6 Å². The Labute approximate surface area is 246 Å². The number of rotatable bonds is 7. The molecule has 5 N–H and O–H groups in total. The maximum atomic E-state index is 12.9. The number of anilines is 3. The van der Waals surface area contributed by atoms with Gasteiger partial charge in [0, 0.05) is 19.3 Å². The summed E-state index contributed by atoms with van der Waals surface area (Å²) in [6.07, 6.45) is -2.05. The van der Waals surface area contributed by atoms with E-state index < -0.39 is 36.8 Å². The number of aliphatic hydroxyl groups is 3. The second kappa shape index (κ2) is 10.9. The number of hydrogen-bond acceptors (Lipinski definition) is 14. The molecule has 2 fully saturated rings. The molecule has 6 heterocycles. The fraction of sp³-hybridized carbons (Fsp3) is 0.346. The van der Waals surface area contributed by atoms with Crippen LogP contribution in [0.2, 0.25) is 0 Å². The highest BCUT2D eigenvalue weighted by molar-refractivity contribution is 7.18. The van der Waals surface area contributed by atoms with Crippen LogP contribution in [0.3, 0.4) is 0 Å². The Balaban J connectivity index is 1.24. The van der Waals surface area contributed by atoms with Gasteiger partial charge in [-0.3, -0.25) is 9.36 Å². The molecule has 2 aliphatic heterocycles. The third kappa shape index (κ3) is 5.06. The molecule has 4 aromatic heterocycles. The Bertz CT molecular complexity index is 1860. The number of carbonyl (C=O) groups excluding carboxylic acids is 1. The highest BCUT2D eigenvalue weighted by Crippen LogP contribution is 2.30. The summed E-state index contributed by atoms with van der Waals surface area (Å²) in [5.41, 5.74) is 1.06. The molecule has 1 amide bonds. The number of ether oxygens (including phenoxy) is 1. The average Bonchev–Trinajstić information content (AvgIpc) is 3.69. The molecular formula is C26H26N10O6S. The van der Waals surface area contributed by atoms with Crippen molar-refractivity contribution in [2.75, 3.05) is 36.5 Å². The zero-order valence-corrected chi connectivity index (χ0v) is 23.3. The predicted molar refractivity (Wildman–Crippen MR) is 154 cm³/mol. The van der Waals surface area contributed by atoms with E-state index in [0.29, 0.717) is 36.7 Å². The summed E-state index contributed by atoms with van der Waals surface area (Å²) >= 11 is 1.57. The van der Waals surface area contributed by atoms with Crippen LogP contribution < -0.4 is 21.2 Å². The third-order valence-electron chi connectivity index (χ3n) is 7.28. The molecule has 5 aromatic rings. The van der Waals surface area contributed by atoms with Crippen LogP contribution in [-0.4, -0.2) is 99.8 Å². The predicted octanol–water partition coefficient (Wildman–Crippen LogP) is -0.668. The number of nitrogens with one attached hydrogen (secondary N) is 2. The number of amides is 1. The van der Waals surface area contributed by atoms with Gasteiger partial charge >= 0.3 is 5.69 Å². The summed E-state index contributed by atoms with van der Waals surface area (Å²) in [4.78, 5) is 49.5. The van der Waals surface area contributed by atoms with Gasteiger partial charge in [-0.2, -0.15) is 15.0 Å². The van der Waals surface area contributed by atoms with Crippen LogP contribution in [0.4, 0.5) is 17.6 Å². The molecule has 1 aromatic carbocycles. The first-order valence-electron chi connectivity index (χ1n) is 13.5. The van der Waals surface area contributed by atoms with Crippen molar-refractivity contribution in [1.82, 2.24) is 39.4 Å². The first kappa shape index (κ1) is 27.3. The van der Waals surface area contributed by atoms with E-state index in [4.69, 9.17) is 14.7 Å². The largest absolute Gasteiger partial charge is 0.394 e. The van der Waals surface area contributed by atoms with Gasteiger partial charge in [-0.05, 0) is 18.2 Å². The molecule has 7 rings (SSSR count). The van der Waals surface area contributed by atoms with Crippen molar-refractivity contribution < 1.29 is 24.9 Å². The normalized spacial score (nSPS) is 22.4. The summed E-state index contributed by atoms with van der Waals surface area (Å²) < 4.78 is 9.41. The first-order chi connectivity index (χ1) is 20.9. The molecule has 4 atom stereocenters. The highest BCUT2D eigenvalue weighted by Gasteiger charge is 2.43. The number of piperazine rings is 1. The Kier molecular flexibility index (Phi) is 6.94. The molecule has 0 radical (unpaired) electrons. The minimum Gasteiger partial charge on any atom is -0.394 e. The van der Waals surface area contributed by atoms with Crippen molar-refractivity contribution >= 4 is 56.2 Å². The van der Waals surface area contributed by atoms with Gasteiger partial charge < -0.3 is 40.2 Å². The topological polar surface area (TPSA) is 206 Å². The molecule has 1 unspecified atom stereocenters. The van der Waals surface area contributed by atoms with E-state index >= 15 is 0 Å². The molecule has 222 valence electrons. The molecular weight excluding hydrogens is 580 g/mol. The van der Waals surface area contributed by atoms with Crippen molar-refractivity contribution in [3.8, 4) is 0 Å². The molecule has 43 heavy (non-hydrogen) atoms. The monoisotopic (exact) mass is 606 g/mol. The number of thiazole rings is 1. The SMILES string of the molecule is O=C1CN(c2nc(Nc3ccn(C4O[C@H](CO)[C@@H](O)[C@H]4O)c(=O)n3)c3ncn(Cc4nc5ccccc5s4)c3n2)CCN1. The molecule has 16 nitrogen and oxygen atoms in total. The maximum Gasteiger partial charge on any atom is 0.351 e. The quantitative estimate of drug-likeness (QED) is 0.156. The van der Waals surface area contributed by atoms with Gasteiger partial charge in [0.25, 0.3) is 0 Å². The lowest BCUT2D eigenvalue weighted by Crippen LogP contribution is -2.48. The summed E-state index contributed by atoms with van der Waals surface area (Å²) in [6.45, 7) is 0.906. The second-order valence-corrected chi connectivity index (χ2v) is 11.2. The molecule has 0 bridgehead atoms. The minimum atomic E-state index is -1.43. The number of imidazole rings is 1. The van der Waals surface area contributed by atoms with Crippen LogP contribution in [0.1, 0.15) is 11.2 Å². The summed E-state index contributed by atoms with van der Waals surface area (Å²) in [5.74, 6) is 0.556. The van der Waals surface area contributed by atoms with Gasteiger partial charge in [-0.15, -0.1) is 11.3 Å². The number of nitrogens with zero attached hydrogens (tertiary/aromatic N) is 8. The molecule has 2 saturated heterocycles. The van der Waals surface area contributed by atoms with E-state index in [0.717, 1.165) is 19.8 Å². The smallest absolute Gasteiger partial charge is 0.351 e. The zero-order chi connectivity index (χ0) is 29.7. The van der Waals surface area contributed by atoms with Crippen molar-refractivity contribution in [1.29, 1.82) is 0 Å². The van der Waals surface area contributed by atoms with Crippen molar-refractivity contribution in [3.63, 3.8) is 0 Å². The van der Waals surface area contributed by atoms with Crippen LogP contribution in [0, 0.1) is 0 Å². The Morgan fingerprint density at radius 1 is 1.09 bits per heavy atom. The first-order valence-corrected chi connectivity index (χ1v) is 14.3. The van der Waals surface area contributed by atoms with E-state index in [9.17, 15) is 24.9 Å². The Morgan fingerprint density at radius 2 is 1.95 bits per heavy atom. The Morgan fingerprint density at radius 3 is 2.72 bits per heavy atom. The van der Waals surface area contributed by atoms with E-state index in [-0.39, 0.29) is 24.1 Å². The van der Waals surface area contributed by atoms with Gasteiger partial charge in [-0.1, -0.05) is 12.1 Å². The van der Waals surface area contributed by atoms with Crippen LogP contribution >= 0.6 is 11.3 Å². The molecule has 17 heteroatoms. The third-order valence-corrected chi connectivity index (χ3v) is 8.31. The van der Waals surface area contributed by atoms with Crippen molar-refractivity contribution in [2.45, 2.75) is 31.1 Å². The standard InChI is InChI=1S/C26H26N10O6S/c37-11-14-20(39)21(40)24(42-14)36-7-5-16(31-26(36)41)30-22-19-23(33-25(32-22)34-8-6-27-17(38)9-34)35(12-28-19)10-18-29-13-3-1-2-4-15(13)43-18/h1-5,7,12,14,20-21,24,37,39-40H,6,8-11H2,(H,27,38)(H,30,31,32,33,41)/t14-,20-,21-,24?/m1/s1. The fourth-order valence-corrected chi connectivity index (χ4v) is 6.09. The highest BCUT2D eigenvalue weighted by atomic mass is 32.1. The molecule has 0 spiro atoms. The van der Waals surface area contributed by atoms with Gasteiger partial charge in [-0.25, -0.2) is 14.8 Å². The van der Waals surface area contributed by atoms with Gasteiger partial charge in [0.1, 0.15) is 29.1 Å². The Hall–Kier alpha value is -4.55. The number of para-hydroxylation sites is 1. The number of benzene rings is 1. The average molecular weight is 607 g/mol. The van der Waals surface area contributed by atoms with Gasteiger partial charge in [0.2, 0.25) is 11.9 Å². The lowest BCUT2D eigenvalue weighted by molar-refractivity contribution is -0.120. The van der Waals surface area contributed by atoms with Crippen LogP contribution in [0.25, 0.3) is 21.4 Å². The number of hydrogen-bond donors (Lipinski definition) is 5. The summed E-state index contributed by atoms with van der Waals surface area (Å²) in [5, 5.41) is 36.5. The van der Waals surface area contributed by atoms with E-state index in [1.807, 2.05) is 28.8 Å². The number of aromatic nitrogens is 7. The van der Waals surface area contributed by atoms with Gasteiger partial charge in [0.05, 0.1) is 36.2 Å². The number of fused-ring (bicyclic) bond motifs is 2. The summed E-state index contributed by atoms with van der Waals surface area (Å²) in [6, 6.07) is 9.36. The molecule has 2 aliphatic rings. The lowest BCUT2D eigenvalue weighted by Gasteiger charge is -2.27. The fourth-order valence-electron chi connectivity index (χ4n) is 5.13. The maximum absolute atomic E-state index is 12.9. The molecule has 0 saturated carbocycles. The van der Waals surface area contributed by atoms with E-state index in [1.165, 1.54) is 12.3 Å². The molecule has 0 aliphatic carbocycles. The van der Waals surface area contributed by atoms with Gasteiger partial charge in [0.15, 0.2) is 23.2 Å². The second-order valence-electron chi connectivity index (χ2n) is 10.1. The number of carbonyl (C=O) groups is 1. The minimum absolute atomic E-state index is 0.0790. The van der Waals surface area contributed by atoms with E-state index in [1.54, 1.807) is 22.6 Å². The van der Waals surface area contributed by atoms with Crippen molar-refractivity contribution in [2.24, 2.45) is 0 Å². The zero-order valence-electron chi connectivity index (χ0n) is 22.4. The number of aliphatic hydroxyl groups excluding tert-OH is 3. The van der Waals surface area contributed by atoms with Crippen LogP contribution in [0.5, 0.6) is 0 Å². The van der Waals surface area contributed by atoms with Crippen LogP contribution in [0.15, 0.2) is 47.7 Å². The lowest BCUT2D eigenvalue weighted by atomic mass is 10.1.